The van der Waals surface area contributed by atoms with E-state index in [1.54, 1.807) is 11.3 Å². The minimum Gasteiger partial charge on any atom is -0.308 e. The fourth-order valence-electron chi connectivity index (χ4n) is 2.11. The molecule has 1 fully saturated rings. The lowest BCUT2D eigenvalue weighted by Gasteiger charge is -2.15. The van der Waals surface area contributed by atoms with Crippen LogP contribution in [-0.2, 0) is 6.54 Å². The molecule has 84 valence electrons. The third-order valence-electron chi connectivity index (χ3n) is 3.16. The minimum absolute atomic E-state index is 0.714. The molecule has 0 aliphatic heterocycles. The van der Waals surface area contributed by atoms with E-state index in [0.717, 1.165) is 12.5 Å². The van der Waals surface area contributed by atoms with E-state index in [0.29, 0.717) is 6.04 Å². The van der Waals surface area contributed by atoms with E-state index in [2.05, 4.69) is 31.1 Å². The Balaban J connectivity index is 1.88. The summed E-state index contributed by atoms with van der Waals surface area (Å²) >= 11 is 1.80. The lowest BCUT2D eigenvalue weighted by Crippen LogP contribution is -2.30. The monoisotopic (exact) mass is 224 g/mol. The van der Waals surface area contributed by atoms with Gasteiger partial charge in [0.05, 0.1) is 10.7 Å². The van der Waals surface area contributed by atoms with Crippen molar-refractivity contribution in [3.63, 3.8) is 0 Å². The molecule has 0 bridgehead atoms. The van der Waals surface area contributed by atoms with Gasteiger partial charge in [0.1, 0.15) is 0 Å². The highest BCUT2D eigenvalue weighted by Gasteiger charge is 2.29. The number of aromatic nitrogens is 1. The van der Waals surface area contributed by atoms with Gasteiger partial charge in [-0.1, -0.05) is 6.92 Å². The molecule has 1 saturated carbocycles. The zero-order valence-electron chi connectivity index (χ0n) is 9.84. The molecular weight excluding hydrogens is 204 g/mol. The number of aryl methyl sites for hydroxylation is 2. The normalized spacial score (nSPS) is 18.1. The molecular formula is C12H20N2S. The number of nitrogens with one attached hydrogen (secondary N) is 1. The van der Waals surface area contributed by atoms with E-state index in [1.165, 1.54) is 34.8 Å². The molecule has 2 rings (SSSR count). The minimum atomic E-state index is 0.714. The van der Waals surface area contributed by atoms with Crippen LogP contribution in [0.1, 0.15) is 41.8 Å². The average Bonchev–Trinajstić information content (AvgIpc) is 2.96. The molecule has 2 nitrogen and oxygen atoms in total. The maximum absolute atomic E-state index is 4.55. The van der Waals surface area contributed by atoms with Gasteiger partial charge in [-0.05, 0) is 39.0 Å². The van der Waals surface area contributed by atoms with Crippen LogP contribution in [0.3, 0.4) is 0 Å². The Morgan fingerprint density at radius 1 is 1.47 bits per heavy atom. The maximum Gasteiger partial charge on any atom is 0.0900 e. The molecule has 0 aromatic carbocycles. The lowest BCUT2D eigenvalue weighted by atomic mass is 10.1. The second-order valence-corrected chi connectivity index (χ2v) is 5.88. The molecule has 1 N–H and O–H groups in total. The SMILES string of the molecule is CCC(NCc1nc(C)sc1C)C1CC1. The van der Waals surface area contributed by atoms with Crippen molar-refractivity contribution in [1.29, 1.82) is 0 Å². The van der Waals surface area contributed by atoms with Gasteiger partial charge in [0.15, 0.2) is 0 Å². The summed E-state index contributed by atoms with van der Waals surface area (Å²) in [6, 6.07) is 0.714. The molecule has 0 radical (unpaired) electrons. The largest absolute Gasteiger partial charge is 0.308 e. The smallest absolute Gasteiger partial charge is 0.0900 e. The summed E-state index contributed by atoms with van der Waals surface area (Å²) in [4.78, 5) is 5.92. The number of nitrogens with zero attached hydrogens (tertiary/aromatic N) is 1. The molecule has 0 amide bonds. The predicted molar refractivity (Wildman–Crippen MR) is 65.2 cm³/mol. The van der Waals surface area contributed by atoms with Crippen molar-refractivity contribution in [2.45, 2.75) is 52.6 Å². The van der Waals surface area contributed by atoms with Crippen LogP contribution >= 0.6 is 11.3 Å². The highest BCUT2D eigenvalue weighted by molar-refractivity contribution is 7.11. The number of hydrogen-bond acceptors (Lipinski definition) is 3. The van der Waals surface area contributed by atoms with Crippen LogP contribution in [0.15, 0.2) is 0 Å². The van der Waals surface area contributed by atoms with Crippen LogP contribution in [0, 0.1) is 19.8 Å². The standard InChI is InChI=1S/C12H20N2S/c1-4-11(10-5-6-10)13-7-12-8(2)15-9(3)14-12/h10-11,13H,4-7H2,1-3H3. The quantitative estimate of drug-likeness (QED) is 0.831. The van der Waals surface area contributed by atoms with Crippen LogP contribution in [-0.4, -0.2) is 11.0 Å². The maximum atomic E-state index is 4.55. The van der Waals surface area contributed by atoms with Gasteiger partial charge in [-0.25, -0.2) is 4.98 Å². The lowest BCUT2D eigenvalue weighted by molar-refractivity contribution is 0.446. The Kier molecular flexibility index (Phi) is 3.42. The van der Waals surface area contributed by atoms with E-state index >= 15 is 0 Å². The van der Waals surface area contributed by atoms with Gasteiger partial charge >= 0.3 is 0 Å². The molecule has 1 heterocycles. The molecule has 1 aromatic rings. The highest BCUT2D eigenvalue weighted by Crippen LogP contribution is 2.34. The summed E-state index contributed by atoms with van der Waals surface area (Å²) in [5.41, 5.74) is 1.25. The van der Waals surface area contributed by atoms with Gasteiger partial charge in [-0.3, -0.25) is 0 Å². The Hall–Kier alpha value is -0.410. The van der Waals surface area contributed by atoms with Gasteiger partial charge in [0, 0.05) is 17.5 Å². The molecule has 1 aliphatic carbocycles. The third kappa shape index (κ3) is 2.79. The second kappa shape index (κ2) is 4.62. The first-order chi connectivity index (χ1) is 7.20. The van der Waals surface area contributed by atoms with E-state index < -0.39 is 0 Å². The van der Waals surface area contributed by atoms with Gasteiger partial charge in [-0.15, -0.1) is 11.3 Å². The molecule has 1 atom stereocenters. The van der Waals surface area contributed by atoms with Crippen LogP contribution in [0.2, 0.25) is 0 Å². The summed E-state index contributed by atoms with van der Waals surface area (Å²) in [5, 5.41) is 4.83. The third-order valence-corrected chi connectivity index (χ3v) is 4.09. The first-order valence-corrected chi connectivity index (χ1v) is 6.68. The van der Waals surface area contributed by atoms with Crippen molar-refractivity contribution in [2.75, 3.05) is 0 Å². The number of rotatable bonds is 5. The second-order valence-electron chi connectivity index (χ2n) is 4.47. The number of hydrogen-bond donors (Lipinski definition) is 1. The van der Waals surface area contributed by atoms with Crippen molar-refractivity contribution in [1.82, 2.24) is 10.3 Å². The predicted octanol–water partition coefficient (Wildman–Crippen LogP) is 3.04. The zero-order chi connectivity index (χ0) is 10.8. The molecule has 0 saturated heterocycles. The van der Waals surface area contributed by atoms with E-state index in [9.17, 15) is 0 Å². The number of thiazole rings is 1. The first kappa shape index (κ1) is 11.1. The highest BCUT2D eigenvalue weighted by atomic mass is 32.1. The molecule has 1 aromatic heterocycles. The Morgan fingerprint density at radius 2 is 2.20 bits per heavy atom. The van der Waals surface area contributed by atoms with Crippen LogP contribution in [0.4, 0.5) is 0 Å². The topological polar surface area (TPSA) is 24.9 Å². The van der Waals surface area contributed by atoms with Crippen LogP contribution < -0.4 is 5.32 Å². The Morgan fingerprint density at radius 3 is 2.67 bits per heavy atom. The fraction of sp³-hybridized carbons (Fsp3) is 0.750. The molecule has 0 spiro atoms. The fourth-order valence-corrected chi connectivity index (χ4v) is 2.94. The summed E-state index contributed by atoms with van der Waals surface area (Å²) in [6.45, 7) is 7.47. The Labute approximate surface area is 96.1 Å². The van der Waals surface area contributed by atoms with Gasteiger partial charge < -0.3 is 5.32 Å². The van der Waals surface area contributed by atoms with Crippen LogP contribution in [0.5, 0.6) is 0 Å². The summed E-state index contributed by atoms with van der Waals surface area (Å²) in [6.07, 6.45) is 4.08. The first-order valence-electron chi connectivity index (χ1n) is 5.87. The van der Waals surface area contributed by atoms with Crippen molar-refractivity contribution < 1.29 is 0 Å². The van der Waals surface area contributed by atoms with E-state index in [1.807, 2.05) is 0 Å². The Bertz CT molecular complexity index is 328. The summed E-state index contributed by atoms with van der Waals surface area (Å²) in [5.74, 6) is 0.940. The molecule has 15 heavy (non-hydrogen) atoms. The molecule has 1 aliphatic rings. The summed E-state index contributed by atoms with van der Waals surface area (Å²) in [7, 11) is 0. The van der Waals surface area contributed by atoms with Crippen molar-refractivity contribution in [3.05, 3.63) is 15.6 Å². The van der Waals surface area contributed by atoms with Crippen molar-refractivity contribution in [2.24, 2.45) is 5.92 Å². The van der Waals surface area contributed by atoms with Gasteiger partial charge in [-0.2, -0.15) is 0 Å². The molecule has 3 heteroatoms. The van der Waals surface area contributed by atoms with Crippen molar-refractivity contribution >= 4 is 11.3 Å². The van der Waals surface area contributed by atoms with Gasteiger partial charge in [0.25, 0.3) is 0 Å². The average molecular weight is 224 g/mol. The molecule has 1 unspecified atom stereocenters. The van der Waals surface area contributed by atoms with E-state index in [-0.39, 0.29) is 0 Å². The summed E-state index contributed by atoms with van der Waals surface area (Å²) < 4.78 is 0. The zero-order valence-corrected chi connectivity index (χ0v) is 10.7. The van der Waals surface area contributed by atoms with Crippen LogP contribution in [0.25, 0.3) is 0 Å². The van der Waals surface area contributed by atoms with Gasteiger partial charge in [0.2, 0.25) is 0 Å². The van der Waals surface area contributed by atoms with E-state index in [4.69, 9.17) is 0 Å². The van der Waals surface area contributed by atoms with Crippen molar-refractivity contribution in [3.8, 4) is 0 Å².